The number of para-hydroxylation sites is 1. The van der Waals surface area contributed by atoms with Gasteiger partial charge in [-0.1, -0.05) is 71.7 Å². The molecule has 0 amide bonds. The Bertz CT molecular complexity index is 1040. The normalized spacial score (nSPS) is 11.4. The van der Waals surface area contributed by atoms with E-state index >= 15 is 0 Å². The third-order valence-corrected chi connectivity index (χ3v) is 4.49. The molecule has 4 rings (SSSR count). The van der Waals surface area contributed by atoms with Gasteiger partial charge >= 0.3 is 0 Å². The lowest BCUT2D eigenvalue weighted by atomic mass is 10.0. The van der Waals surface area contributed by atoms with Crippen LogP contribution in [-0.2, 0) is 7.05 Å². The van der Waals surface area contributed by atoms with Gasteiger partial charge in [0, 0.05) is 35.3 Å². The van der Waals surface area contributed by atoms with E-state index in [2.05, 4.69) is 31.9 Å². The number of fused-ring (bicyclic) bond motifs is 1. The van der Waals surface area contributed by atoms with Gasteiger partial charge in [-0.3, -0.25) is 0 Å². The minimum atomic E-state index is -0.828. The molecule has 0 fully saturated rings. The van der Waals surface area contributed by atoms with Crippen LogP contribution in [0.15, 0.2) is 60.8 Å². The van der Waals surface area contributed by atoms with Crippen molar-refractivity contribution in [2.75, 3.05) is 0 Å². The van der Waals surface area contributed by atoms with Crippen LogP contribution < -0.4 is 0 Å². The molecule has 0 saturated heterocycles. The van der Waals surface area contributed by atoms with E-state index < -0.39 is 4.84 Å². The highest BCUT2D eigenvalue weighted by Crippen LogP contribution is 2.35. The highest BCUT2D eigenvalue weighted by molar-refractivity contribution is 6.43. The van der Waals surface area contributed by atoms with Gasteiger partial charge in [0.15, 0.2) is 10.7 Å². The number of aromatic nitrogens is 4. The maximum Gasteiger partial charge on any atom is 0.184 e. The van der Waals surface area contributed by atoms with Crippen LogP contribution in [0, 0.1) is 0 Å². The summed E-state index contributed by atoms with van der Waals surface area (Å²) in [4.78, 5) is 3.80. The maximum absolute atomic E-state index is 5.98. The van der Waals surface area contributed by atoms with Crippen LogP contribution in [0.5, 0.6) is 0 Å². The van der Waals surface area contributed by atoms with Crippen molar-refractivity contribution < 1.29 is 0 Å². The van der Waals surface area contributed by atoms with E-state index in [-0.39, 0.29) is 0 Å². The van der Waals surface area contributed by atoms with Gasteiger partial charge in [0.05, 0.1) is 0 Å². The SMILES string of the molecule is Cn1cc(-c2nc(C(Cl)Cl)nnc2-c2ccccc2)c2ccccc21. The molecule has 0 radical (unpaired) electrons. The Labute approximate surface area is 155 Å². The molecule has 2 heterocycles. The molecule has 4 aromatic rings. The summed E-state index contributed by atoms with van der Waals surface area (Å²) in [6, 6.07) is 18.0. The second-order valence-electron chi connectivity index (χ2n) is 5.70. The van der Waals surface area contributed by atoms with E-state index in [4.69, 9.17) is 23.2 Å². The molecule has 6 heteroatoms. The summed E-state index contributed by atoms with van der Waals surface area (Å²) in [7, 11) is 2.01. The Morgan fingerprint density at radius 3 is 2.36 bits per heavy atom. The Balaban J connectivity index is 2.03. The largest absolute Gasteiger partial charge is 0.350 e. The van der Waals surface area contributed by atoms with Crippen molar-refractivity contribution in [1.29, 1.82) is 0 Å². The summed E-state index contributed by atoms with van der Waals surface area (Å²) in [5, 5.41) is 9.56. The highest BCUT2D eigenvalue weighted by atomic mass is 35.5. The van der Waals surface area contributed by atoms with Crippen molar-refractivity contribution in [1.82, 2.24) is 19.7 Å². The first-order chi connectivity index (χ1) is 12.1. The maximum atomic E-state index is 5.98. The summed E-state index contributed by atoms with van der Waals surface area (Å²) >= 11 is 12.0. The van der Waals surface area contributed by atoms with Crippen LogP contribution >= 0.6 is 23.2 Å². The van der Waals surface area contributed by atoms with Crippen molar-refractivity contribution in [2.45, 2.75) is 4.84 Å². The number of aryl methyl sites for hydroxylation is 1. The Hall–Kier alpha value is -2.43. The van der Waals surface area contributed by atoms with Gasteiger partial charge in [0.2, 0.25) is 0 Å². The predicted octanol–water partition coefficient (Wildman–Crippen LogP) is 5.17. The number of rotatable bonds is 3. The van der Waals surface area contributed by atoms with Gasteiger partial charge in [-0.05, 0) is 6.07 Å². The van der Waals surface area contributed by atoms with Gasteiger partial charge in [0.25, 0.3) is 0 Å². The number of alkyl halides is 2. The molecule has 2 aromatic carbocycles. The average Bonchev–Trinajstić information content (AvgIpc) is 2.99. The Kier molecular flexibility index (Phi) is 4.15. The molecule has 25 heavy (non-hydrogen) atoms. The Morgan fingerprint density at radius 1 is 0.880 bits per heavy atom. The zero-order valence-electron chi connectivity index (χ0n) is 13.4. The molecular weight excluding hydrogens is 355 g/mol. The van der Waals surface area contributed by atoms with Crippen LogP contribution in [0.1, 0.15) is 10.7 Å². The molecule has 0 aliphatic rings. The van der Waals surface area contributed by atoms with E-state index in [1.54, 1.807) is 0 Å². The lowest BCUT2D eigenvalue weighted by Crippen LogP contribution is -2.02. The number of benzene rings is 2. The Morgan fingerprint density at radius 2 is 1.60 bits per heavy atom. The van der Waals surface area contributed by atoms with Crippen molar-refractivity contribution in [3.05, 3.63) is 66.6 Å². The number of halogens is 2. The minimum absolute atomic E-state index is 0.297. The molecule has 0 bridgehead atoms. The lowest BCUT2D eigenvalue weighted by molar-refractivity contribution is 0.895. The van der Waals surface area contributed by atoms with E-state index in [9.17, 15) is 0 Å². The molecule has 0 aliphatic heterocycles. The summed E-state index contributed by atoms with van der Waals surface area (Å²) in [6.07, 6.45) is 2.04. The monoisotopic (exact) mass is 368 g/mol. The zero-order chi connectivity index (χ0) is 17.4. The smallest absolute Gasteiger partial charge is 0.184 e. The van der Waals surface area contributed by atoms with Crippen molar-refractivity contribution in [3.8, 4) is 22.5 Å². The second-order valence-corrected chi connectivity index (χ2v) is 6.80. The fourth-order valence-electron chi connectivity index (χ4n) is 2.94. The molecule has 0 unspecified atom stereocenters. The van der Waals surface area contributed by atoms with Gasteiger partial charge in [-0.25, -0.2) is 4.98 Å². The predicted molar refractivity (Wildman–Crippen MR) is 102 cm³/mol. The number of hydrogen-bond acceptors (Lipinski definition) is 3. The zero-order valence-corrected chi connectivity index (χ0v) is 14.9. The van der Waals surface area contributed by atoms with Gasteiger partial charge < -0.3 is 4.57 Å². The molecule has 0 spiro atoms. The molecule has 4 nitrogen and oxygen atoms in total. The first kappa shape index (κ1) is 16.1. The summed E-state index contributed by atoms with van der Waals surface area (Å²) in [5.41, 5.74) is 4.46. The standard InChI is InChI=1S/C19H14Cl2N4/c1-25-11-14(13-9-5-6-10-15(13)25)17-16(12-7-3-2-4-8-12)23-24-19(22-17)18(20)21/h2-11,18H,1H3. The molecular formula is C19H14Cl2N4. The quantitative estimate of drug-likeness (QED) is 0.468. The summed E-state index contributed by atoms with van der Waals surface area (Å²) < 4.78 is 2.07. The molecule has 0 aliphatic carbocycles. The summed E-state index contributed by atoms with van der Waals surface area (Å²) in [6.45, 7) is 0. The van der Waals surface area contributed by atoms with Gasteiger partial charge in [0.1, 0.15) is 11.4 Å². The second kappa shape index (κ2) is 6.47. The number of hydrogen-bond donors (Lipinski definition) is 0. The molecule has 2 aromatic heterocycles. The van der Waals surface area contributed by atoms with E-state index in [0.29, 0.717) is 11.5 Å². The van der Waals surface area contributed by atoms with E-state index in [1.807, 2.05) is 55.7 Å². The molecule has 124 valence electrons. The highest BCUT2D eigenvalue weighted by Gasteiger charge is 2.19. The molecule has 0 saturated carbocycles. The van der Waals surface area contributed by atoms with Crippen molar-refractivity contribution in [2.24, 2.45) is 7.05 Å². The average molecular weight is 369 g/mol. The fourth-order valence-corrected chi connectivity index (χ4v) is 3.12. The minimum Gasteiger partial charge on any atom is -0.350 e. The third-order valence-electron chi connectivity index (χ3n) is 4.10. The van der Waals surface area contributed by atoms with Gasteiger partial charge in [-0.15, -0.1) is 10.2 Å². The van der Waals surface area contributed by atoms with E-state index in [0.717, 1.165) is 27.7 Å². The van der Waals surface area contributed by atoms with Crippen molar-refractivity contribution in [3.63, 3.8) is 0 Å². The van der Waals surface area contributed by atoms with Gasteiger partial charge in [-0.2, -0.15) is 0 Å². The topological polar surface area (TPSA) is 43.6 Å². The molecule has 0 N–H and O–H groups in total. The van der Waals surface area contributed by atoms with E-state index in [1.165, 1.54) is 0 Å². The van der Waals surface area contributed by atoms with Crippen LogP contribution in [0.2, 0.25) is 0 Å². The third kappa shape index (κ3) is 2.88. The summed E-state index contributed by atoms with van der Waals surface area (Å²) in [5.74, 6) is 0.297. The van der Waals surface area contributed by atoms with Crippen LogP contribution in [0.3, 0.4) is 0 Å². The van der Waals surface area contributed by atoms with Crippen LogP contribution in [0.25, 0.3) is 33.4 Å². The number of nitrogens with zero attached hydrogens (tertiary/aromatic N) is 4. The first-order valence-electron chi connectivity index (χ1n) is 7.78. The van der Waals surface area contributed by atoms with Crippen LogP contribution in [-0.4, -0.2) is 19.7 Å². The molecule has 0 atom stereocenters. The first-order valence-corrected chi connectivity index (χ1v) is 8.65. The van der Waals surface area contributed by atoms with Crippen LogP contribution in [0.4, 0.5) is 0 Å². The van der Waals surface area contributed by atoms with Crippen molar-refractivity contribution >= 4 is 34.1 Å². The lowest BCUT2D eigenvalue weighted by Gasteiger charge is -2.09. The fraction of sp³-hybridized carbons (Fsp3) is 0.105.